The number of imidazole rings is 1. The molecule has 3 atom stereocenters. The molecule has 35 heavy (non-hydrogen) atoms. The van der Waals surface area contributed by atoms with Gasteiger partial charge in [-0.05, 0) is 38.8 Å². The Morgan fingerprint density at radius 1 is 1.29 bits per heavy atom. The van der Waals surface area contributed by atoms with Crippen LogP contribution in [-0.4, -0.2) is 91.1 Å². The number of carbonyl (C=O) groups excluding carboxylic acids is 1. The van der Waals surface area contributed by atoms with E-state index in [1.165, 1.54) is 30.2 Å². The zero-order valence-electron chi connectivity index (χ0n) is 19.5. The second-order valence-corrected chi connectivity index (χ2v) is 9.39. The Bertz CT molecular complexity index is 1120. The highest BCUT2D eigenvalue weighted by molar-refractivity contribution is 5.81. The van der Waals surface area contributed by atoms with Crippen LogP contribution < -0.4 is 5.73 Å². The molecule has 5 rings (SSSR count). The lowest BCUT2D eigenvalue weighted by molar-refractivity contribution is -0.0940. The molecule has 2 aromatic heterocycles. The van der Waals surface area contributed by atoms with Crippen LogP contribution in [0.1, 0.15) is 44.8 Å². The van der Waals surface area contributed by atoms with Gasteiger partial charge in [0.1, 0.15) is 6.23 Å². The Balaban J connectivity index is 1.28. The largest absolute Gasteiger partial charge is 0.442 e. The van der Waals surface area contributed by atoms with Crippen molar-refractivity contribution in [3.8, 4) is 12.3 Å². The zero-order valence-corrected chi connectivity index (χ0v) is 19.5. The number of nitrogens with zero attached hydrogens (tertiary/aromatic N) is 6. The Hall–Kier alpha value is -3.01. The van der Waals surface area contributed by atoms with Gasteiger partial charge in [0.15, 0.2) is 28.7 Å². The van der Waals surface area contributed by atoms with E-state index in [-0.39, 0.29) is 23.4 Å². The summed E-state index contributed by atoms with van der Waals surface area (Å²) in [7, 11) is 0. The van der Waals surface area contributed by atoms with Crippen molar-refractivity contribution in [3.05, 3.63) is 12.4 Å². The number of hydrogen-bond donors (Lipinski definition) is 2. The summed E-state index contributed by atoms with van der Waals surface area (Å²) in [6.07, 6.45) is 9.56. The lowest BCUT2D eigenvalue weighted by atomic mass is 9.98. The van der Waals surface area contributed by atoms with Crippen LogP contribution in [0.3, 0.4) is 0 Å². The summed E-state index contributed by atoms with van der Waals surface area (Å²) in [6, 6.07) is 0.491. The normalized spacial score (nSPS) is 28.3. The standard InChI is InChI=1S/C23H30FN7O4/c1-2-23(13-32)16(12-17(35-23)31-14-26-18-19(25)27-21(24)28-20(18)31)34-22(33)30-10-6-15(7-11-30)29-8-4-3-5-9-29/h1,14-17,32H,3-13H2,(H2,25,27,28)/t16-,17?,23+/m0/s1. The SMILES string of the molecule is C#C[C@]1(CO)OC(n2cnc3c(N)nc(F)nc32)C[C@@H]1OC(=O)N1CCC(N2CCCCC2)CC1. The summed E-state index contributed by atoms with van der Waals surface area (Å²) >= 11 is 0. The highest BCUT2D eigenvalue weighted by Gasteiger charge is 2.51. The van der Waals surface area contributed by atoms with E-state index in [1.54, 1.807) is 4.90 Å². The molecule has 3 fully saturated rings. The van der Waals surface area contributed by atoms with E-state index in [0.29, 0.717) is 19.1 Å². The number of fused-ring (bicyclic) bond motifs is 1. The quantitative estimate of drug-likeness (QED) is 0.484. The van der Waals surface area contributed by atoms with Crippen molar-refractivity contribution in [3.63, 3.8) is 0 Å². The van der Waals surface area contributed by atoms with E-state index in [2.05, 4.69) is 25.8 Å². The molecule has 0 radical (unpaired) electrons. The van der Waals surface area contributed by atoms with Crippen LogP contribution in [0.25, 0.3) is 11.2 Å². The van der Waals surface area contributed by atoms with E-state index >= 15 is 0 Å². The summed E-state index contributed by atoms with van der Waals surface area (Å²) in [5, 5.41) is 10.1. The van der Waals surface area contributed by atoms with E-state index < -0.39 is 36.7 Å². The second-order valence-electron chi connectivity index (χ2n) is 9.39. The summed E-state index contributed by atoms with van der Waals surface area (Å²) in [5.74, 6) is 2.35. The number of nitrogen functional groups attached to an aromatic ring is 1. The molecule has 0 saturated carbocycles. The number of ether oxygens (including phenoxy) is 2. The minimum absolute atomic E-state index is 0.106. The first kappa shape index (κ1) is 23.7. The van der Waals surface area contributed by atoms with Crippen molar-refractivity contribution in [2.75, 3.05) is 38.5 Å². The number of aromatic nitrogens is 4. The van der Waals surface area contributed by atoms with Crippen LogP contribution in [0.4, 0.5) is 15.0 Å². The predicted molar refractivity (Wildman–Crippen MR) is 123 cm³/mol. The van der Waals surface area contributed by atoms with Crippen molar-refractivity contribution in [1.29, 1.82) is 0 Å². The number of halogens is 1. The Morgan fingerprint density at radius 3 is 2.71 bits per heavy atom. The molecule has 0 aromatic carbocycles. The van der Waals surface area contributed by atoms with E-state index in [4.69, 9.17) is 21.6 Å². The molecule has 3 aliphatic rings. The number of nitrogens with two attached hydrogens (primary N) is 1. The third-order valence-corrected chi connectivity index (χ3v) is 7.37. The van der Waals surface area contributed by atoms with Crippen LogP contribution in [0, 0.1) is 18.4 Å². The Morgan fingerprint density at radius 2 is 2.03 bits per heavy atom. The third-order valence-electron chi connectivity index (χ3n) is 7.37. The number of aliphatic hydroxyl groups excluding tert-OH is 1. The lowest BCUT2D eigenvalue weighted by Crippen LogP contribution is -2.50. The third kappa shape index (κ3) is 4.39. The van der Waals surface area contributed by atoms with E-state index in [0.717, 1.165) is 25.9 Å². The number of anilines is 1. The molecule has 0 spiro atoms. The number of aliphatic hydroxyl groups is 1. The maximum atomic E-state index is 13.8. The van der Waals surface area contributed by atoms with Gasteiger partial charge in [-0.25, -0.2) is 9.78 Å². The number of terminal acetylenes is 1. The average molecular weight is 488 g/mol. The highest BCUT2D eigenvalue weighted by Crippen LogP contribution is 2.40. The molecule has 1 unspecified atom stereocenters. The topological polar surface area (TPSA) is 132 Å². The van der Waals surface area contributed by atoms with E-state index in [1.807, 2.05) is 0 Å². The molecular formula is C23H30FN7O4. The Kier molecular flexibility index (Phi) is 6.48. The van der Waals surface area contributed by atoms with Crippen molar-refractivity contribution >= 4 is 23.1 Å². The predicted octanol–water partition coefficient (Wildman–Crippen LogP) is 1.29. The molecule has 5 heterocycles. The minimum atomic E-state index is -1.56. The Labute approximate surface area is 202 Å². The van der Waals surface area contributed by atoms with Gasteiger partial charge in [0.2, 0.25) is 0 Å². The minimum Gasteiger partial charge on any atom is -0.442 e. The molecular weight excluding hydrogens is 457 g/mol. The van der Waals surface area contributed by atoms with Crippen molar-refractivity contribution < 1.29 is 23.8 Å². The first-order valence-corrected chi connectivity index (χ1v) is 12.1. The number of carbonyl (C=O) groups is 1. The van der Waals surface area contributed by atoms with Gasteiger partial charge in [-0.1, -0.05) is 12.3 Å². The van der Waals surface area contributed by atoms with Gasteiger partial charge in [0, 0.05) is 25.6 Å². The number of hydrogen-bond acceptors (Lipinski definition) is 9. The molecule has 0 bridgehead atoms. The van der Waals surface area contributed by atoms with Crippen LogP contribution in [0.5, 0.6) is 0 Å². The number of likely N-dealkylation sites (tertiary alicyclic amines) is 2. The van der Waals surface area contributed by atoms with Crippen LogP contribution in [0.2, 0.25) is 0 Å². The van der Waals surface area contributed by atoms with Crippen LogP contribution in [-0.2, 0) is 9.47 Å². The number of rotatable bonds is 4. The fraction of sp³-hybridized carbons (Fsp3) is 0.652. The van der Waals surface area contributed by atoms with Gasteiger partial charge in [0.25, 0.3) is 0 Å². The number of amides is 1. The summed E-state index contributed by atoms with van der Waals surface area (Å²) in [5.41, 5.74) is 4.53. The highest BCUT2D eigenvalue weighted by atomic mass is 19.1. The van der Waals surface area contributed by atoms with E-state index in [9.17, 15) is 14.3 Å². The van der Waals surface area contributed by atoms with Gasteiger partial charge in [-0.2, -0.15) is 14.4 Å². The zero-order chi connectivity index (χ0) is 24.6. The maximum absolute atomic E-state index is 13.8. The van der Waals surface area contributed by atoms with Crippen LogP contribution >= 0.6 is 0 Å². The molecule has 11 nitrogen and oxygen atoms in total. The molecule has 188 valence electrons. The van der Waals surface area contributed by atoms with Crippen LogP contribution in [0.15, 0.2) is 6.33 Å². The lowest BCUT2D eigenvalue weighted by Gasteiger charge is -2.40. The van der Waals surface area contributed by atoms with Gasteiger partial charge < -0.3 is 30.1 Å². The van der Waals surface area contributed by atoms with Gasteiger partial charge in [-0.15, -0.1) is 6.42 Å². The molecule has 3 aliphatic heterocycles. The summed E-state index contributed by atoms with van der Waals surface area (Å²) < 4.78 is 27.0. The van der Waals surface area contributed by atoms with Gasteiger partial charge in [0.05, 0.1) is 12.9 Å². The van der Waals surface area contributed by atoms with Crippen molar-refractivity contribution in [1.82, 2.24) is 29.3 Å². The first-order valence-electron chi connectivity index (χ1n) is 12.1. The molecule has 1 amide bonds. The fourth-order valence-electron chi connectivity index (χ4n) is 5.38. The monoisotopic (exact) mass is 487 g/mol. The maximum Gasteiger partial charge on any atom is 0.410 e. The van der Waals surface area contributed by atoms with Gasteiger partial charge in [-0.3, -0.25) is 4.57 Å². The fourth-order valence-corrected chi connectivity index (χ4v) is 5.38. The molecule has 12 heteroatoms. The molecule has 2 aromatic rings. The smallest absolute Gasteiger partial charge is 0.410 e. The number of piperidine rings is 2. The average Bonchev–Trinajstić information content (AvgIpc) is 3.46. The van der Waals surface area contributed by atoms with Crippen molar-refractivity contribution in [2.45, 2.75) is 62.5 Å². The molecule has 3 saturated heterocycles. The molecule has 3 N–H and O–H groups in total. The van der Waals surface area contributed by atoms with Crippen molar-refractivity contribution in [2.24, 2.45) is 0 Å². The molecule has 0 aliphatic carbocycles. The summed E-state index contributed by atoms with van der Waals surface area (Å²) in [4.78, 5) is 28.6. The van der Waals surface area contributed by atoms with Gasteiger partial charge >= 0.3 is 12.2 Å². The second kappa shape index (κ2) is 9.56. The first-order chi connectivity index (χ1) is 16.9. The summed E-state index contributed by atoms with van der Waals surface area (Å²) in [6.45, 7) is 2.88.